The van der Waals surface area contributed by atoms with E-state index in [0.29, 0.717) is 13.2 Å². The van der Waals surface area contributed by atoms with Gasteiger partial charge in [0.15, 0.2) is 9.84 Å². The molecule has 1 saturated heterocycles. The molecule has 1 heterocycles. The molecule has 1 aromatic rings. The van der Waals surface area contributed by atoms with Crippen LogP contribution in [0.3, 0.4) is 0 Å². The minimum atomic E-state index is -2.89. The van der Waals surface area contributed by atoms with E-state index in [1.807, 2.05) is 31.2 Å². The number of benzene rings is 1. The summed E-state index contributed by atoms with van der Waals surface area (Å²) in [4.78, 5) is 0. The third-order valence-electron chi connectivity index (χ3n) is 2.83. The van der Waals surface area contributed by atoms with Crippen LogP contribution in [0.4, 0.5) is 0 Å². The van der Waals surface area contributed by atoms with Crippen LogP contribution in [0.25, 0.3) is 0 Å². The summed E-state index contributed by atoms with van der Waals surface area (Å²) < 4.78 is 28.5. The van der Waals surface area contributed by atoms with Crippen LogP contribution >= 0.6 is 0 Å². The summed E-state index contributed by atoms with van der Waals surface area (Å²) in [7, 11) is -2.89. The van der Waals surface area contributed by atoms with Gasteiger partial charge in [-0.1, -0.05) is 18.2 Å². The fourth-order valence-corrected chi connectivity index (χ4v) is 3.31. The highest BCUT2D eigenvalue weighted by molar-refractivity contribution is 7.91. The third kappa shape index (κ3) is 3.44. The van der Waals surface area contributed by atoms with Crippen molar-refractivity contribution in [1.29, 1.82) is 0 Å². The van der Waals surface area contributed by atoms with Gasteiger partial charge in [-0.3, -0.25) is 0 Å². The zero-order valence-electron chi connectivity index (χ0n) is 9.85. The van der Waals surface area contributed by atoms with Crippen LogP contribution in [0.2, 0.25) is 0 Å². The van der Waals surface area contributed by atoms with E-state index in [4.69, 9.17) is 4.74 Å². The summed E-state index contributed by atoms with van der Waals surface area (Å²) in [6.45, 7) is 2.88. The van der Waals surface area contributed by atoms with E-state index in [-0.39, 0.29) is 17.5 Å². The molecule has 0 spiro atoms. The van der Waals surface area contributed by atoms with Crippen molar-refractivity contribution >= 4 is 9.84 Å². The normalized spacial score (nSPS) is 23.2. The first-order valence-electron chi connectivity index (χ1n) is 5.69. The Balaban J connectivity index is 1.93. The quantitative estimate of drug-likeness (QED) is 0.866. The van der Waals surface area contributed by atoms with Crippen molar-refractivity contribution in [3.05, 3.63) is 29.8 Å². The Morgan fingerprint density at radius 3 is 2.88 bits per heavy atom. The molecule has 94 valence electrons. The number of nitrogens with one attached hydrogen (secondary N) is 1. The molecule has 1 N–H and O–H groups in total. The number of rotatable bonds is 3. The van der Waals surface area contributed by atoms with Gasteiger partial charge in [0.25, 0.3) is 0 Å². The lowest BCUT2D eigenvalue weighted by molar-refractivity contribution is 0.271. The molecule has 4 nitrogen and oxygen atoms in total. The molecule has 1 aliphatic heterocycles. The van der Waals surface area contributed by atoms with Crippen LogP contribution in [-0.2, 0) is 9.84 Å². The fraction of sp³-hybridized carbons (Fsp3) is 0.500. The Kier molecular flexibility index (Phi) is 3.69. The average molecular weight is 255 g/mol. The van der Waals surface area contributed by atoms with E-state index in [1.54, 1.807) is 0 Å². The standard InChI is InChI=1S/C12H17NO3S/c1-10-4-2-3-5-12(10)16-8-11-9-17(14,15)7-6-13-11/h2-5,11,13H,6-9H2,1H3. The molecule has 0 aliphatic carbocycles. The van der Waals surface area contributed by atoms with Crippen molar-refractivity contribution in [3.63, 3.8) is 0 Å². The second kappa shape index (κ2) is 5.06. The highest BCUT2D eigenvalue weighted by atomic mass is 32.2. The maximum absolute atomic E-state index is 11.4. The summed E-state index contributed by atoms with van der Waals surface area (Å²) in [5.74, 6) is 1.21. The molecule has 1 unspecified atom stereocenters. The van der Waals surface area contributed by atoms with Crippen molar-refractivity contribution in [3.8, 4) is 5.75 Å². The highest BCUT2D eigenvalue weighted by Crippen LogP contribution is 2.16. The van der Waals surface area contributed by atoms with Gasteiger partial charge in [-0.05, 0) is 18.6 Å². The summed E-state index contributed by atoms with van der Waals surface area (Å²) in [5, 5.41) is 3.16. The number of hydrogen-bond acceptors (Lipinski definition) is 4. The first-order valence-corrected chi connectivity index (χ1v) is 7.51. The van der Waals surface area contributed by atoms with Crippen molar-refractivity contribution in [2.45, 2.75) is 13.0 Å². The molecule has 17 heavy (non-hydrogen) atoms. The minimum Gasteiger partial charge on any atom is -0.492 e. The minimum absolute atomic E-state index is 0.103. The van der Waals surface area contributed by atoms with E-state index in [1.165, 1.54) is 0 Å². The maximum atomic E-state index is 11.4. The SMILES string of the molecule is Cc1ccccc1OCC1CS(=O)(=O)CCN1. The molecule has 1 aromatic carbocycles. The Labute approximate surface area is 102 Å². The Morgan fingerprint density at radius 2 is 2.18 bits per heavy atom. The largest absolute Gasteiger partial charge is 0.492 e. The van der Waals surface area contributed by atoms with E-state index in [2.05, 4.69) is 5.32 Å². The van der Waals surface area contributed by atoms with E-state index in [0.717, 1.165) is 11.3 Å². The summed E-state index contributed by atoms with van der Waals surface area (Å²) in [6, 6.07) is 7.62. The molecule has 1 fully saturated rings. The number of hydrogen-bond donors (Lipinski definition) is 1. The Hall–Kier alpha value is -1.07. The van der Waals surface area contributed by atoms with Gasteiger partial charge in [0, 0.05) is 6.54 Å². The zero-order chi connectivity index (χ0) is 12.3. The second-order valence-corrected chi connectivity index (χ2v) is 6.57. The Morgan fingerprint density at radius 1 is 1.41 bits per heavy atom. The number of ether oxygens (including phenoxy) is 1. The first-order chi connectivity index (χ1) is 8.07. The molecular formula is C12H17NO3S. The summed E-state index contributed by atoms with van der Waals surface area (Å²) in [5.41, 5.74) is 1.06. The second-order valence-electron chi connectivity index (χ2n) is 4.34. The molecule has 0 aromatic heterocycles. The van der Waals surface area contributed by atoms with Crippen LogP contribution < -0.4 is 10.1 Å². The number of para-hydroxylation sites is 1. The smallest absolute Gasteiger partial charge is 0.153 e. The van der Waals surface area contributed by atoms with Crippen LogP contribution in [0.5, 0.6) is 5.75 Å². The zero-order valence-corrected chi connectivity index (χ0v) is 10.7. The molecule has 0 saturated carbocycles. The third-order valence-corrected chi connectivity index (χ3v) is 4.57. The van der Waals surface area contributed by atoms with Crippen LogP contribution in [0, 0.1) is 6.92 Å². The molecule has 0 amide bonds. The predicted molar refractivity (Wildman–Crippen MR) is 67.1 cm³/mol. The van der Waals surface area contributed by atoms with Crippen molar-refractivity contribution in [2.75, 3.05) is 24.7 Å². The van der Waals surface area contributed by atoms with Crippen molar-refractivity contribution in [1.82, 2.24) is 5.32 Å². The van der Waals surface area contributed by atoms with Gasteiger partial charge in [-0.15, -0.1) is 0 Å². The fourth-order valence-electron chi connectivity index (χ4n) is 1.88. The van der Waals surface area contributed by atoms with Crippen molar-refractivity contribution in [2.24, 2.45) is 0 Å². The number of sulfone groups is 1. The van der Waals surface area contributed by atoms with Crippen molar-refractivity contribution < 1.29 is 13.2 Å². The van der Waals surface area contributed by atoms with Gasteiger partial charge in [-0.2, -0.15) is 0 Å². The topological polar surface area (TPSA) is 55.4 Å². The van der Waals surface area contributed by atoms with Gasteiger partial charge in [0.2, 0.25) is 0 Å². The van der Waals surface area contributed by atoms with Crippen LogP contribution in [0.1, 0.15) is 5.56 Å². The molecule has 0 bridgehead atoms. The summed E-state index contributed by atoms with van der Waals surface area (Å²) in [6.07, 6.45) is 0. The lowest BCUT2D eigenvalue weighted by Gasteiger charge is -2.24. The lowest BCUT2D eigenvalue weighted by atomic mass is 10.2. The van der Waals surface area contributed by atoms with Gasteiger partial charge in [0.1, 0.15) is 12.4 Å². The molecular weight excluding hydrogens is 238 g/mol. The average Bonchev–Trinajstić information content (AvgIpc) is 2.27. The maximum Gasteiger partial charge on any atom is 0.153 e. The van der Waals surface area contributed by atoms with E-state index in [9.17, 15) is 8.42 Å². The summed E-state index contributed by atoms with van der Waals surface area (Å²) >= 11 is 0. The monoisotopic (exact) mass is 255 g/mol. The molecule has 1 aliphatic rings. The molecule has 2 rings (SSSR count). The van der Waals surface area contributed by atoms with Gasteiger partial charge >= 0.3 is 0 Å². The van der Waals surface area contributed by atoms with E-state index < -0.39 is 9.84 Å². The van der Waals surface area contributed by atoms with Gasteiger partial charge in [-0.25, -0.2) is 8.42 Å². The van der Waals surface area contributed by atoms with Gasteiger partial charge in [0.05, 0.1) is 17.5 Å². The van der Waals surface area contributed by atoms with E-state index >= 15 is 0 Å². The van der Waals surface area contributed by atoms with Crippen LogP contribution in [-0.4, -0.2) is 39.1 Å². The lowest BCUT2D eigenvalue weighted by Crippen LogP contribution is -2.48. The van der Waals surface area contributed by atoms with Crippen LogP contribution in [0.15, 0.2) is 24.3 Å². The number of aryl methyl sites for hydroxylation is 1. The molecule has 5 heteroatoms. The predicted octanol–water partition coefficient (Wildman–Crippen LogP) is 0.760. The van der Waals surface area contributed by atoms with Gasteiger partial charge < -0.3 is 10.1 Å². The molecule has 1 atom stereocenters. The molecule has 0 radical (unpaired) electrons. The first kappa shape index (κ1) is 12.4. The Bertz CT molecular complexity index is 484. The highest BCUT2D eigenvalue weighted by Gasteiger charge is 2.24.